The summed E-state index contributed by atoms with van der Waals surface area (Å²) in [4.78, 5) is 11.5. The van der Waals surface area contributed by atoms with Gasteiger partial charge in [0.2, 0.25) is 10.0 Å². The van der Waals surface area contributed by atoms with Crippen molar-refractivity contribution in [3.05, 3.63) is 29.8 Å². The molecule has 1 aliphatic carbocycles. The molecule has 116 valence electrons. The first kappa shape index (κ1) is 15.6. The number of benzene rings is 1. The minimum Gasteiger partial charge on any atom is -0.336 e. The summed E-state index contributed by atoms with van der Waals surface area (Å²) in [5, 5.41) is 5.48. The van der Waals surface area contributed by atoms with E-state index in [0.717, 1.165) is 24.7 Å². The number of nitrogens with zero attached hydrogens (tertiary/aromatic N) is 1. The highest BCUT2D eigenvalue weighted by Gasteiger charge is 2.23. The monoisotopic (exact) mass is 311 g/mol. The molecular weight excluding hydrogens is 290 g/mol. The van der Waals surface area contributed by atoms with E-state index in [0.29, 0.717) is 5.69 Å². The second-order valence-electron chi connectivity index (χ2n) is 5.35. The SMILES string of the molecule is Cc1ccc(N(CCNC(=O)NC2CC2)S(C)(=O)=O)cc1. The fourth-order valence-electron chi connectivity index (χ4n) is 1.93. The Hall–Kier alpha value is -1.76. The van der Waals surface area contributed by atoms with Gasteiger partial charge in [0, 0.05) is 12.6 Å². The van der Waals surface area contributed by atoms with Gasteiger partial charge in [0.1, 0.15) is 0 Å². The molecule has 0 radical (unpaired) electrons. The van der Waals surface area contributed by atoms with Crippen LogP contribution in [0.2, 0.25) is 0 Å². The van der Waals surface area contributed by atoms with Crippen LogP contribution in [0.3, 0.4) is 0 Å². The molecule has 0 aliphatic heterocycles. The molecule has 0 heterocycles. The summed E-state index contributed by atoms with van der Waals surface area (Å²) in [5.74, 6) is 0. The molecule has 21 heavy (non-hydrogen) atoms. The van der Waals surface area contributed by atoms with E-state index in [-0.39, 0.29) is 25.2 Å². The lowest BCUT2D eigenvalue weighted by atomic mass is 10.2. The van der Waals surface area contributed by atoms with Crippen molar-refractivity contribution in [2.75, 3.05) is 23.7 Å². The summed E-state index contributed by atoms with van der Waals surface area (Å²) in [6.45, 7) is 2.41. The minimum atomic E-state index is -3.38. The van der Waals surface area contributed by atoms with E-state index in [2.05, 4.69) is 10.6 Å². The minimum absolute atomic E-state index is 0.208. The van der Waals surface area contributed by atoms with Gasteiger partial charge < -0.3 is 10.6 Å². The van der Waals surface area contributed by atoms with Crippen molar-refractivity contribution in [3.8, 4) is 0 Å². The van der Waals surface area contributed by atoms with Gasteiger partial charge in [0.15, 0.2) is 0 Å². The molecule has 1 fully saturated rings. The maximum atomic E-state index is 11.9. The standard InChI is InChI=1S/C14H21N3O3S/c1-11-3-7-13(8-4-11)17(21(2,19)20)10-9-15-14(18)16-12-5-6-12/h3-4,7-8,12H,5-6,9-10H2,1-2H3,(H2,15,16,18). The molecule has 1 aromatic rings. The Kier molecular flexibility index (Phi) is 4.72. The van der Waals surface area contributed by atoms with Gasteiger partial charge in [-0.3, -0.25) is 4.31 Å². The molecule has 0 bridgehead atoms. The summed E-state index contributed by atoms with van der Waals surface area (Å²) in [7, 11) is -3.38. The number of hydrogen-bond donors (Lipinski definition) is 2. The molecule has 2 rings (SSSR count). The van der Waals surface area contributed by atoms with Crippen LogP contribution in [0.1, 0.15) is 18.4 Å². The predicted molar refractivity (Wildman–Crippen MR) is 82.9 cm³/mol. The summed E-state index contributed by atoms with van der Waals surface area (Å²) >= 11 is 0. The maximum Gasteiger partial charge on any atom is 0.315 e. The molecule has 1 saturated carbocycles. The first-order chi connectivity index (χ1) is 9.86. The van der Waals surface area contributed by atoms with Crippen LogP contribution < -0.4 is 14.9 Å². The quantitative estimate of drug-likeness (QED) is 0.829. The van der Waals surface area contributed by atoms with Gasteiger partial charge >= 0.3 is 6.03 Å². The Bertz CT molecular complexity index is 594. The smallest absolute Gasteiger partial charge is 0.315 e. The van der Waals surface area contributed by atoms with Gasteiger partial charge in [-0.25, -0.2) is 13.2 Å². The molecule has 0 spiro atoms. The third kappa shape index (κ3) is 4.93. The molecule has 1 aliphatic rings. The average Bonchev–Trinajstić information content (AvgIpc) is 3.18. The van der Waals surface area contributed by atoms with Gasteiger partial charge in [-0.05, 0) is 31.9 Å². The van der Waals surface area contributed by atoms with Crippen molar-refractivity contribution in [1.29, 1.82) is 0 Å². The number of hydrogen-bond acceptors (Lipinski definition) is 3. The summed E-state index contributed by atoms with van der Waals surface area (Å²) in [5.41, 5.74) is 1.67. The van der Waals surface area contributed by atoms with Gasteiger partial charge in [-0.1, -0.05) is 17.7 Å². The van der Waals surface area contributed by atoms with Crippen LogP contribution in [-0.4, -0.2) is 39.8 Å². The number of urea groups is 1. The van der Waals surface area contributed by atoms with E-state index in [4.69, 9.17) is 0 Å². The maximum absolute atomic E-state index is 11.9. The first-order valence-electron chi connectivity index (χ1n) is 6.95. The molecule has 6 nitrogen and oxygen atoms in total. The van der Waals surface area contributed by atoms with Crippen LogP contribution in [0.25, 0.3) is 0 Å². The van der Waals surface area contributed by atoms with Crippen LogP contribution in [0.15, 0.2) is 24.3 Å². The van der Waals surface area contributed by atoms with Crippen molar-refractivity contribution in [2.24, 2.45) is 0 Å². The molecule has 7 heteroatoms. The molecule has 0 saturated heterocycles. The van der Waals surface area contributed by atoms with Crippen LogP contribution in [-0.2, 0) is 10.0 Å². The van der Waals surface area contributed by atoms with Gasteiger partial charge in [-0.15, -0.1) is 0 Å². The highest BCUT2D eigenvalue weighted by Crippen LogP contribution is 2.18. The Morgan fingerprint density at radius 3 is 2.43 bits per heavy atom. The fourth-order valence-corrected chi connectivity index (χ4v) is 2.86. The number of carbonyl (C=O) groups is 1. The van der Waals surface area contributed by atoms with E-state index in [9.17, 15) is 13.2 Å². The van der Waals surface area contributed by atoms with Gasteiger partial charge in [0.05, 0.1) is 18.5 Å². The van der Waals surface area contributed by atoms with Crippen molar-refractivity contribution in [3.63, 3.8) is 0 Å². The zero-order valence-electron chi connectivity index (χ0n) is 12.3. The zero-order valence-corrected chi connectivity index (χ0v) is 13.1. The van der Waals surface area contributed by atoms with Crippen molar-refractivity contribution in [2.45, 2.75) is 25.8 Å². The number of sulfonamides is 1. The number of aryl methyl sites for hydroxylation is 1. The molecule has 2 N–H and O–H groups in total. The molecule has 0 aromatic heterocycles. The molecule has 2 amide bonds. The zero-order chi connectivity index (χ0) is 15.5. The van der Waals surface area contributed by atoms with Crippen LogP contribution in [0.4, 0.5) is 10.5 Å². The summed E-state index contributed by atoms with van der Waals surface area (Å²) in [6.07, 6.45) is 3.20. The second kappa shape index (κ2) is 6.34. The summed E-state index contributed by atoms with van der Waals surface area (Å²) in [6, 6.07) is 7.30. The summed E-state index contributed by atoms with van der Waals surface area (Å²) < 4.78 is 25.1. The molecular formula is C14H21N3O3S. The third-order valence-corrected chi connectivity index (χ3v) is 4.43. The molecule has 1 aromatic carbocycles. The Morgan fingerprint density at radius 1 is 1.29 bits per heavy atom. The lowest BCUT2D eigenvalue weighted by Crippen LogP contribution is -2.42. The normalized spacial score (nSPS) is 14.6. The number of anilines is 1. The highest BCUT2D eigenvalue weighted by atomic mass is 32.2. The highest BCUT2D eigenvalue weighted by molar-refractivity contribution is 7.92. The van der Waals surface area contributed by atoms with Gasteiger partial charge in [-0.2, -0.15) is 0 Å². The van der Waals surface area contributed by atoms with Crippen molar-refractivity contribution < 1.29 is 13.2 Å². The lowest BCUT2D eigenvalue weighted by molar-refractivity contribution is 0.241. The Labute approximate surface area is 125 Å². The number of rotatable bonds is 6. The second-order valence-corrected chi connectivity index (χ2v) is 7.25. The van der Waals surface area contributed by atoms with Crippen molar-refractivity contribution >= 4 is 21.7 Å². The van der Waals surface area contributed by atoms with E-state index in [1.807, 2.05) is 19.1 Å². The largest absolute Gasteiger partial charge is 0.336 e. The van der Waals surface area contributed by atoms with E-state index in [1.54, 1.807) is 12.1 Å². The van der Waals surface area contributed by atoms with Crippen molar-refractivity contribution in [1.82, 2.24) is 10.6 Å². The number of nitrogens with one attached hydrogen (secondary N) is 2. The van der Waals surface area contributed by atoms with E-state index >= 15 is 0 Å². The lowest BCUT2D eigenvalue weighted by Gasteiger charge is -2.22. The van der Waals surface area contributed by atoms with Crippen LogP contribution >= 0.6 is 0 Å². The first-order valence-corrected chi connectivity index (χ1v) is 8.80. The Balaban J connectivity index is 1.93. The molecule has 0 unspecified atom stereocenters. The fraction of sp³-hybridized carbons (Fsp3) is 0.500. The number of carbonyl (C=O) groups excluding carboxylic acids is 1. The third-order valence-electron chi connectivity index (χ3n) is 3.24. The van der Waals surface area contributed by atoms with Crippen LogP contribution in [0, 0.1) is 6.92 Å². The Morgan fingerprint density at radius 2 is 1.90 bits per heavy atom. The average molecular weight is 311 g/mol. The predicted octanol–water partition coefficient (Wildman–Crippen LogP) is 1.22. The van der Waals surface area contributed by atoms with E-state index < -0.39 is 10.0 Å². The van der Waals surface area contributed by atoms with E-state index in [1.165, 1.54) is 4.31 Å². The number of amides is 2. The van der Waals surface area contributed by atoms with Gasteiger partial charge in [0.25, 0.3) is 0 Å². The van der Waals surface area contributed by atoms with Crippen LogP contribution in [0.5, 0.6) is 0 Å². The topological polar surface area (TPSA) is 78.5 Å². The molecule has 0 atom stereocenters.